The maximum atomic E-state index is 13.3. The van der Waals surface area contributed by atoms with Gasteiger partial charge < -0.3 is 14.8 Å². The van der Waals surface area contributed by atoms with Crippen LogP contribution >= 0.6 is 0 Å². The highest BCUT2D eigenvalue weighted by Gasteiger charge is 2.43. The number of benzene rings is 2. The Morgan fingerprint density at radius 3 is 2.44 bits per heavy atom. The van der Waals surface area contributed by atoms with Crippen molar-refractivity contribution >= 4 is 34.9 Å². The summed E-state index contributed by atoms with van der Waals surface area (Å²) in [5.41, 5.74) is 2.17. The summed E-state index contributed by atoms with van der Waals surface area (Å²) in [4.78, 5) is 37.6. The van der Waals surface area contributed by atoms with Crippen molar-refractivity contribution in [2.75, 3.05) is 19.5 Å². The highest BCUT2D eigenvalue weighted by Crippen LogP contribution is 2.34. The Labute approximate surface area is 199 Å². The largest absolute Gasteiger partial charge is 0.497 e. The molecule has 3 unspecified atom stereocenters. The Morgan fingerprint density at radius 1 is 1.12 bits per heavy atom. The molecule has 0 bridgehead atoms. The first-order valence-electron chi connectivity index (χ1n) is 11.5. The van der Waals surface area contributed by atoms with Gasteiger partial charge in [0, 0.05) is 41.8 Å². The van der Waals surface area contributed by atoms with Gasteiger partial charge in [-0.05, 0) is 18.1 Å². The average Bonchev–Trinajstić information content (AvgIpc) is 3.20. The van der Waals surface area contributed by atoms with Gasteiger partial charge in [0.2, 0.25) is 5.91 Å². The molecule has 2 aliphatic heterocycles. The number of methoxy groups -OCH3 is 2. The van der Waals surface area contributed by atoms with Crippen LogP contribution in [0.15, 0.2) is 52.4 Å². The van der Waals surface area contributed by atoms with Crippen LogP contribution in [0, 0.1) is 11.8 Å². The molecule has 178 valence electrons. The highest BCUT2D eigenvalue weighted by molar-refractivity contribution is 6.27. The summed E-state index contributed by atoms with van der Waals surface area (Å²) in [6.07, 6.45) is 1.14. The van der Waals surface area contributed by atoms with E-state index in [9.17, 15) is 9.59 Å². The minimum Gasteiger partial charge on any atom is -0.497 e. The van der Waals surface area contributed by atoms with Crippen molar-refractivity contribution in [1.82, 2.24) is 4.90 Å². The van der Waals surface area contributed by atoms with Crippen molar-refractivity contribution in [3.8, 4) is 11.5 Å². The molecule has 0 saturated carbocycles. The molecule has 0 fully saturated rings. The van der Waals surface area contributed by atoms with Gasteiger partial charge in [0.05, 0.1) is 19.9 Å². The Kier molecular flexibility index (Phi) is 6.68. The van der Waals surface area contributed by atoms with Crippen molar-refractivity contribution in [1.29, 1.82) is 0 Å². The second-order valence-electron chi connectivity index (χ2n) is 8.70. The number of para-hydroxylation sites is 1. The van der Waals surface area contributed by atoms with E-state index >= 15 is 0 Å². The molecule has 8 nitrogen and oxygen atoms in total. The van der Waals surface area contributed by atoms with Gasteiger partial charge in [-0.3, -0.25) is 14.6 Å². The van der Waals surface area contributed by atoms with Crippen LogP contribution in [0.1, 0.15) is 39.2 Å². The number of nitrogens with zero attached hydrogens (tertiary/aromatic N) is 3. The normalized spacial score (nSPS) is 18.3. The Hall–Kier alpha value is -3.68. The molecule has 2 amide bonds. The Balaban J connectivity index is 1.58. The number of carbonyl (C=O) groups is 2. The molecule has 2 aromatic carbocycles. The fourth-order valence-electron chi connectivity index (χ4n) is 4.11. The second-order valence-corrected chi connectivity index (χ2v) is 8.70. The molecule has 8 heteroatoms. The lowest BCUT2D eigenvalue weighted by molar-refractivity contribution is -0.126. The van der Waals surface area contributed by atoms with Crippen molar-refractivity contribution in [2.45, 2.75) is 39.7 Å². The van der Waals surface area contributed by atoms with Gasteiger partial charge in [0.15, 0.2) is 0 Å². The third kappa shape index (κ3) is 4.40. The monoisotopic (exact) mass is 462 g/mol. The van der Waals surface area contributed by atoms with Crippen LogP contribution in [0.4, 0.5) is 11.4 Å². The molecule has 0 aliphatic carbocycles. The van der Waals surface area contributed by atoms with Crippen molar-refractivity contribution in [2.24, 2.45) is 21.8 Å². The predicted octanol–water partition coefficient (Wildman–Crippen LogP) is 4.42. The summed E-state index contributed by atoms with van der Waals surface area (Å²) < 4.78 is 10.6. The summed E-state index contributed by atoms with van der Waals surface area (Å²) in [6, 6.07) is 12.4. The van der Waals surface area contributed by atoms with E-state index in [1.165, 1.54) is 0 Å². The number of fused-ring (bicyclic) bond motifs is 3. The molecule has 2 heterocycles. The van der Waals surface area contributed by atoms with Gasteiger partial charge >= 0.3 is 0 Å². The number of amidine groups is 2. The van der Waals surface area contributed by atoms with Crippen molar-refractivity contribution in [3.63, 3.8) is 0 Å². The molecule has 1 N–H and O–H groups in total. The molecule has 0 radical (unpaired) electrons. The fourth-order valence-corrected chi connectivity index (χ4v) is 4.11. The first-order valence-corrected chi connectivity index (χ1v) is 11.5. The number of anilines is 1. The molecule has 0 saturated heterocycles. The van der Waals surface area contributed by atoms with Crippen LogP contribution < -0.4 is 14.8 Å². The van der Waals surface area contributed by atoms with Crippen LogP contribution in [0.5, 0.6) is 11.5 Å². The third-order valence-corrected chi connectivity index (χ3v) is 6.34. The number of nitrogens with one attached hydrogen (secondary N) is 1. The van der Waals surface area contributed by atoms with E-state index in [4.69, 9.17) is 19.5 Å². The van der Waals surface area contributed by atoms with Gasteiger partial charge in [-0.1, -0.05) is 39.3 Å². The molecule has 0 spiro atoms. The first-order chi connectivity index (χ1) is 16.4. The zero-order valence-corrected chi connectivity index (χ0v) is 20.2. The number of hydrogen-bond donors (Lipinski definition) is 1. The van der Waals surface area contributed by atoms with Crippen LogP contribution in [-0.4, -0.2) is 48.6 Å². The molecule has 3 atom stereocenters. The molecule has 34 heavy (non-hydrogen) atoms. The predicted molar refractivity (Wildman–Crippen MR) is 132 cm³/mol. The van der Waals surface area contributed by atoms with E-state index in [0.717, 1.165) is 17.7 Å². The fraction of sp³-hybridized carbons (Fsp3) is 0.385. The lowest BCUT2D eigenvalue weighted by atomic mass is 9.98. The van der Waals surface area contributed by atoms with Crippen LogP contribution in [0.25, 0.3) is 0 Å². The second kappa shape index (κ2) is 9.67. The summed E-state index contributed by atoms with van der Waals surface area (Å²) in [7, 11) is 3.11. The summed E-state index contributed by atoms with van der Waals surface area (Å²) >= 11 is 0. The van der Waals surface area contributed by atoms with E-state index in [0.29, 0.717) is 35.3 Å². The van der Waals surface area contributed by atoms with Crippen LogP contribution in [0.3, 0.4) is 0 Å². The van der Waals surface area contributed by atoms with E-state index in [2.05, 4.69) is 12.2 Å². The van der Waals surface area contributed by atoms with Crippen molar-refractivity contribution in [3.05, 3.63) is 48.0 Å². The zero-order valence-electron chi connectivity index (χ0n) is 20.2. The molecule has 2 aliphatic rings. The SMILES string of the molecule is CCC(C)C1N=C2c3ccccc3N=C(CC(C)C(=O)Nc3cc(OC)cc(OC)c3)N2C1=O. The smallest absolute Gasteiger partial charge is 0.258 e. The van der Waals surface area contributed by atoms with E-state index in [-0.39, 0.29) is 17.7 Å². The standard InChI is InChI=1S/C26H30N4O4/c1-6-15(2)23-26(32)30-22(28-21-10-8-7-9-20(21)24(30)29-23)11-16(3)25(31)27-17-12-18(33-4)14-19(13-17)34-5/h7-10,12-16,23H,6,11H2,1-5H3,(H,27,31). The van der Waals surface area contributed by atoms with Gasteiger partial charge in [-0.25, -0.2) is 9.89 Å². The van der Waals surface area contributed by atoms with Gasteiger partial charge in [0.25, 0.3) is 5.91 Å². The number of carbonyl (C=O) groups excluding carboxylic acids is 2. The Morgan fingerprint density at radius 2 is 1.79 bits per heavy atom. The number of hydrogen-bond acceptors (Lipinski definition) is 6. The minimum absolute atomic E-state index is 0.0808. The quantitative estimate of drug-likeness (QED) is 0.629. The minimum atomic E-state index is -0.446. The third-order valence-electron chi connectivity index (χ3n) is 6.34. The highest BCUT2D eigenvalue weighted by atomic mass is 16.5. The summed E-state index contributed by atoms with van der Waals surface area (Å²) in [5.74, 6) is 1.72. The molecular weight excluding hydrogens is 432 g/mol. The maximum Gasteiger partial charge on any atom is 0.258 e. The molecule has 4 rings (SSSR count). The topological polar surface area (TPSA) is 92.6 Å². The van der Waals surface area contributed by atoms with Crippen LogP contribution in [-0.2, 0) is 9.59 Å². The lowest BCUT2D eigenvalue weighted by Gasteiger charge is -2.28. The molecule has 2 aromatic rings. The Bertz CT molecular complexity index is 1150. The molecular formula is C26H30N4O4. The first kappa shape index (κ1) is 23.5. The number of rotatable bonds is 8. The number of aliphatic imine (C=N–C) groups is 2. The van der Waals surface area contributed by atoms with E-state index in [1.807, 2.05) is 38.1 Å². The summed E-state index contributed by atoms with van der Waals surface area (Å²) in [5, 5.41) is 2.92. The van der Waals surface area contributed by atoms with Gasteiger partial charge in [-0.2, -0.15) is 0 Å². The van der Waals surface area contributed by atoms with Crippen LogP contribution in [0.2, 0.25) is 0 Å². The average molecular weight is 463 g/mol. The number of ether oxygens (including phenoxy) is 2. The van der Waals surface area contributed by atoms with E-state index < -0.39 is 12.0 Å². The van der Waals surface area contributed by atoms with Gasteiger partial charge in [0.1, 0.15) is 29.2 Å². The number of amides is 2. The van der Waals surface area contributed by atoms with E-state index in [1.54, 1.807) is 37.3 Å². The lowest BCUT2D eigenvalue weighted by Crippen LogP contribution is -2.44. The maximum absolute atomic E-state index is 13.3. The zero-order chi connectivity index (χ0) is 24.4. The van der Waals surface area contributed by atoms with Gasteiger partial charge in [-0.15, -0.1) is 0 Å². The van der Waals surface area contributed by atoms with Crippen molar-refractivity contribution < 1.29 is 19.1 Å². The summed E-state index contributed by atoms with van der Waals surface area (Å²) in [6.45, 7) is 5.91. The molecule has 0 aromatic heterocycles.